The van der Waals surface area contributed by atoms with E-state index < -0.39 is 12.0 Å². The SMILES string of the molecule is NC(=O)COc1ccccc1OCC(O)CCl. The molecule has 0 aliphatic carbocycles. The maximum Gasteiger partial charge on any atom is 0.255 e. The Hall–Kier alpha value is -1.46. The van der Waals surface area contributed by atoms with Crippen LogP contribution in [0.3, 0.4) is 0 Å². The molecule has 0 fully saturated rings. The summed E-state index contributed by atoms with van der Waals surface area (Å²) in [6.45, 7) is -0.168. The van der Waals surface area contributed by atoms with E-state index in [1.54, 1.807) is 24.3 Å². The number of alkyl halides is 1. The summed E-state index contributed by atoms with van der Waals surface area (Å²) in [6.07, 6.45) is -0.749. The highest BCUT2D eigenvalue weighted by Gasteiger charge is 2.08. The number of primary amides is 1. The predicted molar refractivity (Wildman–Crippen MR) is 63.4 cm³/mol. The van der Waals surface area contributed by atoms with Gasteiger partial charge in [0.25, 0.3) is 5.91 Å². The summed E-state index contributed by atoms with van der Waals surface area (Å²) in [5, 5.41) is 9.26. The summed E-state index contributed by atoms with van der Waals surface area (Å²) in [6, 6.07) is 6.79. The molecule has 1 aromatic rings. The number of halogens is 1. The third-order valence-corrected chi connectivity index (χ3v) is 2.18. The van der Waals surface area contributed by atoms with E-state index >= 15 is 0 Å². The van der Waals surface area contributed by atoms with Gasteiger partial charge in [-0.1, -0.05) is 12.1 Å². The Labute approximate surface area is 104 Å². The number of aliphatic hydroxyl groups excluding tert-OH is 1. The monoisotopic (exact) mass is 259 g/mol. The normalized spacial score (nSPS) is 11.9. The minimum absolute atomic E-state index is 0.0560. The number of ether oxygens (including phenoxy) is 2. The van der Waals surface area contributed by atoms with Gasteiger partial charge < -0.3 is 20.3 Å². The first-order valence-corrected chi connectivity index (χ1v) is 5.54. The van der Waals surface area contributed by atoms with Gasteiger partial charge in [0.05, 0.1) is 5.88 Å². The Morgan fingerprint density at radius 1 is 1.35 bits per heavy atom. The van der Waals surface area contributed by atoms with Crippen molar-refractivity contribution >= 4 is 17.5 Å². The summed E-state index contributed by atoms with van der Waals surface area (Å²) in [5.41, 5.74) is 4.97. The third-order valence-electron chi connectivity index (χ3n) is 1.83. The molecule has 0 aliphatic heterocycles. The largest absolute Gasteiger partial charge is 0.487 e. The van der Waals surface area contributed by atoms with Crippen molar-refractivity contribution in [3.05, 3.63) is 24.3 Å². The zero-order valence-electron chi connectivity index (χ0n) is 9.14. The van der Waals surface area contributed by atoms with Crippen molar-refractivity contribution in [1.82, 2.24) is 0 Å². The lowest BCUT2D eigenvalue weighted by Crippen LogP contribution is -2.21. The van der Waals surface area contributed by atoms with E-state index in [0.29, 0.717) is 11.5 Å². The van der Waals surface area contributed by atoms with Gasteiger partial charge in [-0.3, -0.25) is 4.79 Å². The van der Waals surface area contributed by atoms with Crippen LogP contribution in [0.1, 0.15) is 0 Å². The second-order valence-corrected chi connectivity index (χ2v) is 3.63. The maximum absolute atomic E-state index is 10.6. The van der Waals surface area contributed by atoms with Crippen molar-refractivity contribution in [3.63, 3.8) is 0 Å². The zero-order valence-corrected chi connectivity index (χ0v) is 9.89. The predicted octanol–water partition coefficient (Wildman–Crippen LogP) is 0.529. The number of amides is 1. The molecule has 0 radical (unpaired) electrons. The highest BCUT2D eigenvalue weighted by atomic mass is 35.5. The fourth-order valence-electron chi connectivity index (χ4n) is 1.07. The second-order valence-electron chi connectivity index (χ2n) is 3.32. The van der Waals surface area contributed by atoms with Gasteiger partial charge in [0.15, 0.2) is 18.1 Å². The van der Waals surface area contributed by atoms with Crippen LogP contribution in [0.4, 0.5) is 0 Å². The second kappa shape index (κ2) is 6.98. The molecule has 5 nitrogen and oxygen atoms in total. The number of aliphatic hydroxyl groups is 1. The molecule has 0 bridgehead atoms. The van der Waals surface area contributed by atoms with Crippen molar-refractivity contribution in [1.29, 1.82) is 0 Å². The van der Waals surface area contributed by atoms with E-state index in [4.69, 9.17) is 26.8 Å². The lowest BCUT2D eigenvalue weighted by atomic mass is 10.3. The fourth-order valence-corrected chi connectivity index (χ4v) is 1.16. The van der Waals surface area contributed by atoms with Crippen molar-refractivity contribution in [2.45, 2.75) is 6.10 Å². The molecular weight excluding hydrogens is 246 g/mol. The standard InChI is InChI=1S/C11H14ClNO4/c12-5-8(14)6-16-9-3-1-2-4-10(9)17-7-11(13)15/h1-4,8,14H,5-7H2,(H2,13,15). The molecule has 94 valence electrons. The highest BCUT2D eigenvalue weighted by Crippen LogP contribution is 2.26. The first kappa shape index (κ1) is 13.6. The molecule has 1 rings (SSSR count). The number of benzene rings is 1. The van der Waals surface area contributed by atoms with Crippen molar-refractivity contribution in [3.8, 4) is 11.5 Å². The van der Waals surface area contributed by atoms with Gasteiger partial charge in [-0.15, -0.1) is 11.6 Å². The van der Waals surface area contributed by atoms with Crippen LogP contribution in [0.5, 0.6) is 11.5 Å². The van der Waals surface area contributed by atoms with Crippen LogP contribution in [0.2, 0.25) is 0 Å². The van der Waals surface area contributed by atoms with Crippen LogP contribution < -0.4 is 15.2 Å². The van der Waals surface area contributed by atoms with Crippen LogP contribution in [0.25, 0.3) is 0 Å². The lowest BCUT2D eigenvalue weighted by Gasteiger charge is -2.13. The van der Waals surface area contributed by atoms with Gasteiger partial charge in [-0.25, -0.2) is 0 Å². The summed E-state index contributed by atoms with van der Waals surface area (Å²) >= 11 is 5.44. The van der Waals surface area contributed by atoms with E-state index in [1.165, 1.54) is 0 Å². The molecule has 0 aromatic heterocycles. The van der Waals surface area contributed by atoms with E-state index in [0.717, 1.165) is 0 Å². The zero-order chi connectivity index (χ0) is 12.7. The molecule has 0 saturated carbocycles. The Morgan fingerprint density at radius 2 is 1.94 bits per heavy atom. The van der Waals surface area contributed by atoms with Gasteiger partial charge in [-0.05, 0) is 12.1 Å². The Bertz CT molecular complexity index is 372. The molecule has 1 unspecified atom stereocenters. The number of hydrogen-bond donors (Lipinski definition) is 2. The molecule has 0 spiro atoms. The lowest BCUT2D eigenvalue weighted by molar-refractivity contribution is -0.119. The van der Waals surface area contributed by atoms with Gasteiger partial charge in [0, 0.05) is 0 Å². The molecule has 17 heavy (non-hydrogen) atoms. The van der Waals surface area contributed by atoms with Crippen molar-refractivity contribution < 1.29 is 19.4 Å². The fraction of sp³-hybridized carbons (Fsp3) is 0.364. The highest BCUT2D eigenvalue weighted by molar-refractivity contribution is 6.18. The first-order valence-electron chi connectivity index (χ1n) is 5.00. The van der Waals surface area contributed by atoms with Crippen LogP contribution in [-0.4, -0.2) is 36.2 Å². The molecule has 6 heteroatoms. The van der Waals surface area contributed by atoms with Crippen LogP contribution in [-0.2, 0) is 4.79 Å². The quantitative estimate of drug-likeness (QED) is 0.700. The number of hydrogen-bond acceptors (Lipinski definition) is 4. The number of rotatable bonds is 7. The minimum atomic E-state index is -0.749. The molecule has 0 aliphatic rings. The maximum atomic E-state index is 10.6. The Balaban J connectivity index is 2.60. The van der Waals surface area contributed by atoms with Crippen LogP contribution in [0.15, 0.2) is 24.3 Å². The summed E-state index contributed by atoms with van der Waals surface area (Å²) in [5.74, 6) is 0.344. The molecule has 1 atom stereocenters. The van der Waals surface area contributed by atoms with E-state index in [-0.39, 0.29) is 19.1 Å². The topological polar surface area (TPSA) is 81.8 Å². The molecular formula is C11H14ClNO4. The average molecular weight is 260 g/mol. The van der Waals surface area contributed by atoms with Gasteiger partial charge in [0.1, 0.15) is 12.7 Å². The number of para-hydroxylation sites is 2. The van der Waals surface area contributed by atoms with E-state index in [9.17, 15) is 9.90 Å². The Morgan fingerprint density at radius 3 is 2.47 bits per heavy atom. The van der Waals surface area contributed by atoms with Crippen LogP contribution >= 0.6 is 11.6 Å². The number of carbonyl (C=O) groups excluding carboxylic acids is 1. The first-order chi connectivity index (χ1) is 8.13. The van der Waals surface area contributed by atoms with Crippen molar-refractivity contribution in [2.75, 3.05) is 19.1 Å². The Kier molecular flexibility index (Phi) is 5.59. The average Bonchev–Trinajstić information content (AvgIpc) is 2.34. The van der Waals surface area contributed by atoms with E-state index in [2.05, 4.69) is 0 Å². The molecule has 0 saturated heterocycles. The molecule has 3 N–H and O–H groups in total. The van der Waals surface area contributed by atoms with Crippen molar-refractivity contribution in [2.24, 2.45) is 5.73 Å². The summed E-state index contributed by atoms with van der Waals surface area (Å²) < 4.78 is 10.5. The third kappa shape index (κ3) is 4.93. The molecule has 1 aromatic carbocycles. The van der Waals surface area contributed by atoms with E-state index in [1.807, 2.05) is 0 Å². The van der Waals surface area contributed by atoms with Crippen LogP contribution in [0, 0.1) is 0 Å². The number of carbonyl (C=O) groups is 1. The minimum Gasteiger partial charge on any atom is -0.487 e. The molecule has 1 amide bonds. The smallest absolute Gasteiger partial charge is 0.255 e. The molecule has 0 heterocycles. The van der Waals surface area contributed by atoms with Gasteiger partial charge >= 0.3 is 0 Å². The van der Waals surface area contributed by atoms with Gasteiger partial charge in [-0.2, -0.15) is 0 Å². The number of nitrogens with two attached hydrogens (primary N) is 1. The summed E-state index contributed by atoms with van der Waals surface area (Å²) in [4.78, 5) is 10.6. The van der Waals surface area contributed by atoms with Gasteiger partial charge in [0.2, 0.25) is 0 Å². The summed E-state index contributed by atoms with van der Waals surface area (Å²) in [7, 11) is 0.